The van der Waals surface area contributed by atoms with Gasteiger partial charge in [-0.25, -0.2) is 4.39 Å². The van der Waals surface area contributed by atoms with Gasteiger partial charge in [-0.15, -0.1) is 0 Å². The van der Waals surface area contributed by atoms with Crippen LogP contribution in [-0.4, -0.2) is 11.0 Å². The zero-order chi connectivity index (χ0) is 13.7. The summed E-state index contributed by atoms with van der Waals surface area (Å²) in [6.45, 7) is 0. The van der Waals surface area contributed by atoms with E-state index < -0.39 is 0 Å². The van der Waals surface area contributed by atoms with Crippen molar-refractivity contribution < 1.29 is 4.39 Å². The third-order valence-electron chi connectivity index (χ3n) is 5.41. The third-order valence-corrected chi connectivity index (χ3v) is 5.41. The largest absolute Gasteiger partial charge is 0.327 e. The molecule has 2 nitrogen and oxygen atoms in total. The molecule has 2 aliphatic rings. The molecule has 0 amide bonds. The second kappa shape index (κ2) is 4.26. The van der Waals surface area contributed by atoms with E-state index in [1.165, 1.54) is 43.7 Å². The molecule has 1 heterocycles. The van der Waals surface area contributed by atoms with Crippen LogP contribution in [0, 0.1) is 11.2 Å². The molecule has 2 aliphatic carbocycles. The van der Waals surface area contributed by atoms with Crippen molar-refractivity contribution in [3.05, 3.63) is 41.8 Å². The van der Waals surface area contributed by atoms with Gasteiger partial charge in [-0.2, -0.15) is 0 Å². The quantitative estimate of drug-likeness (QED) is 0.857. The van der Waals surface area contributed by atoms with E-state index in [1.54, 1.807) is 12.1 Å². The lowest BCUT2D eigenvalue weighted by atomic mass is 9.76. The molecule has 2 fully saturated rings. The van der Waals surface area contributed by atoms with E-state index in [2.05, 4.69) is 11.1 Å². The first-order valence-corrected chi connectivity index (χ1v) is 7.48. The molecule has 2 N–H and O–H groups in total. The second-order valence-electron chi connectivity index (χ2n) is 6.51. The summed E-state index contributed by atoms with van der Waals surface area (Å²) >= 11 is 0. The lowest BCUT2D eigenvalue weighted by molar-refractivity contribution is 0.298. The Morgan fingerprint density at radius 3 is 2.65 bits per heavy atom. The Hall–Kier alpha value is -1.48. The molecule has 0 saturated heterocycles. The van der Waals surface area contributed by atoms with Crippen LogP contribution in [0.2, 0.25) is 0 Å². The van der Waals surface area contributed by atoms with Gasteiger partial charge in [-0.05, 0) is 73.3 Å². The van der Waals surface area contributed by atoms with E-state index in [1.807, 2.05) is 6.20 Å². The van der Waals surface area contributed by atoms with Crippen molar-refractivity contribution >= 4 is 10.9 Å². The van der Waals surface area contributed by atoms with E-state index in [-0.39, 0.29) is 5.82 Å². The Morgan fingerprint density at radius 1 is 1.20 bits per heavy atom. The fourth-order valence-electron chi connectivity index (χ4n) is 3.95. The second-order valence-corrected chi connectivity index (χ2v) is 6.51. The predicted molar refractivity (Wildman–Crippen MR) is 77.9 cm³/mol. The van der Waals surface area contributed by atoms with Crippen LogP contribution in [0.15, 0.2) is 30.5 Å². The number of nitrogens with zero attached hydrogens (tertiary/aromatic N) is 1. The summed E-state index contributed by atoms with van der Waals surface area (Å²) in [5.74, 6) is 0.351. The van der Waals surface area contributed by atoms with Gasteiger partial charge in [-0.1, -0.05) is 0 Å². The summed E-state index contributed by atoms with van der Waals surface area (Å²) in [6.07, 6.45) is 7.83. The van der Waals surface area contributed by atoms with E-state index >= 15 is 0 Å². The minimum atomic E-state index is -0.178. The molecule has 1 spiro atoms. The van der Waals surface area contributed by atoms with Crippen LogP contribution < -0.4 is 5.73 Å². The van der Waals surface area contributed by atoms with Crippen molar-refractivity contribution in [2.75, 3.05) is 0 Å². The third kappa shape index (κ3) is 1.84. The van der Waals surface area contributed by atoms with Gasteiger partial charge >= 0.3 is 0 Å². The monoisotopic (exact) mass is 270 g/mol. The average Bonchev–Trinajstić information content (AvgIpc) is 3.08. The smallest absolute Gasteiger partial charge is 0.123 e. The number of halogens is 1. The molecule has 3 heteroatoms. The molecular weight excluding hydrogens is 251 g/mol. The van der Waals surface area contributed by atoms with Crippen LogP contribution in [0.4, 0.5) is 4.39 Å². The summed E-state index contributed by atoms with van der Waals surface area (Å²) in [6, 6.07) is 7.38. The molecule has 1 aromatic carbocycles. The van der Waals surface area contributed by atoms with E-state index in [0.29, 0.717) is 17.4 Å². The molecular formula is C17H19FN2. The maximum atomic E-state index is 13.5. The van der Waals surface area contributed by atoms with Crippen LogP contribution in [0.25, 0.3) is 10.9 Å². The lowest BCUT2D eigenvalue weighted by Gasteiger charge is -2.30. The molecule has 1 atom stereocenters. The fraction of sp³-hybridized carbons (Fsp3) is 0.471. The Morgan fingerprint density at radius 2 is 1.95 bits per heavy atom. The van der Waals surface area contributed by atoms with E-state index in [9.17, 15) is 4.39 Å². The number of fused-ring (bicyclic) bond motifs is 1. The summed E-state index contributed by atoms with van der Waals surface area (Å²) in [5, 5.41) is 0.980. The van der Waals surface area contributed by atoms with Crippen LogP contribution in [0.1, 0.15) is 43.6 Å². The predicted octanol–water partition coefficient (Wildman–Crippen LogP) is 3.75. The van der Waals surface area contributed by atoms with Gasteiger partial charge in [0.25, 0.3) is 0 Å². The summed E-state index contributed by atoms with van der Waals surface area (Å²) in [7, 11) is 0. The van der Waals surface area contributed by atoms with Gasteiger partial charge in [-0.3, -0.25) is 4.98 Å². The highest BCUT2D eigenvalue weighted by Crippen LogP contribution is 2.57. The molecule has 1 aromatic heterocycles. The van der Waals surface area contributed by atoms with Gasteiger partial charge in [0.05, 0.1) is 5.52 Å². The number of hydrogen-bond acceptors (Lipinski definition) is 2. The minimum absolute atomic E-state index is 0.178. The highest BCUT2D eigenvalue weighted by molar-refractivity contribution is 5.82. The number of rotatable bonds is 1. The molecule has 0 radical (unpaired) electrons. The van der Waals surface area contributed by atoms with Crippen molar-refractivity contribution in [2.45, 2.75) is 44.1 Å². The van der Waals surface area contributed by atoms with Crippen molar-refractivity contribution in [3.63, 3.8) is 0 Å². The number of hydrogen-bond donors (Lipinski definition) is 1. The first-order valence-electron chi connectivity index (χ1n) is 7.48. The van der Waals surface area contributed by atoms with Crippen LogP contribution in [0.5, 0.6) is 0 Å². The standard InChI is InChI=1S/C17H19FN2/c18-12-1-2-15-14(9-12)13(5-8-20-15)11-3-6-17(7-4-11)10-16(17)19/h1-2,5,8-9,11,16H,3-4,6-7,10,19H2. The normalized spacial score (nSPS) is 32.7. The fourth-order valence-corrected chi connectivity index (χ4v) is 3.95. The van der Waals surface area contributed by atoms with Gasteiger partial charge in [0.1, 0.15) is 5.82 Å². The Kier molecular flexibility index (Phi) is 2.61. The maximum absolute atomic E-state index is 13.5. The number of nitrogens with two attached hydrogens (primary N) is 1. The van der Waals surface area contributed by atoms with Crippen LogP contribution >= 0.6 is 0 Å². The van der Waals surface area contributed by atoms with Crippen LogP contribution in [0.3, 0.4) is 0 Å². The summed E-state index contributed by atoms with van der Waals surface area (Å²) in [4.78, 5) is 4.34. The zero-order valence-electron chi connectivity index (χ0n) is 11.5. The number of aromatic nitrogens is 1. The Balaban J connectivity index is 1.67. The van der Waals surface area contributed by atoms with Crippen molar-refractivity contribution in [1.82, 2.24) is 4.98 Å². The maximum Gasteiger partial charge on any atom is 0.123 e. The molecule has 4 rings (SSSR count). The topological polar surface area (TPSA) is 38.9 Å². The highest BCUT2D eigenvalue weighted by Gasteiger charge is 2.52. The minimum Gasteiger partial charge on any atom is -0.327 e. The van der Waals surface area contributed by atoms with Crippen molar-refractivity contribution in [2.24, 2.45) is 11.1 Å². The van der Waals surface area contributed by atoms with Gasteiger partial charge in [0.2, 0.25) is 0 Å². The summed E-state index contributed by atoms with van der Waals surface area (Å²) in [5.41, 5.74) is 8.67. The Labute approximate surface area is 118 Å². The van der Waals surface area contributed by atoms with Crippen molar-refractivity contribution in [1.29, 1.82) is 0 Å². The molecule has 2 saturated carbocycles. The van der Waals surface area contributed by atoms with Gasteiger partial charge in [0, 0.05) is 17.6 Å². The molecule has 104 valence electrons. The molecule has 0 aliphatic heterocycles. The molecule has 2 aromatic rings. The van der Waals surface area contributed by atoms with E-state index in [0.717, 1.165) is 10.9 Å². The number of benzene rings is 1. The van der Waals surface area contributed by atoms with E-state index in [4.69, 9.17) is 5.73 Å². The number of pyridine rings is 1. The highest BCUT2D eigenvalue weighted by atomic mass is 19.1. The molecule has 1 unspecified atom stereocenters. The SMILES string of the molecule is NC1CC12CCC(c1ccnc3ccc(F)cc13)CC2. The van der Waals surface area contributed by atoms with Crippen molar-refractivity contribution in [3.8, 4) is 0 Å². The first kappa shape index (κ1) is 12.3. The molecule has 0 bridgehead atoms. The Bertz CT molecular complexity index is 659. The molecule has 20 heavy (non-hydrogen) atoms. The zero-order valence-corrected chi connectivity index (χ0v) is 11.5. The van der Waals surface area contributed by atoms with Gasteiger partial charge < -0.3 is 5.73 Å². The average molecular weight is 270 g/mol. The van der Waals surface area contributed by atoms with Crippen LogP contribution in [-0.2, 0) is 0 Å². The summed E-state index contributed by atoms with van der Waals surface area (Å²) < 4.78 is 13.5. The van der Waals surface area contributed by atoms with Gasteiger partial charge in [0.15, 0.2) is 0 Å². The first-order chi connectivity index (χ1) is 9.68. The lowest BCUT2D eigenvalue weighted by Crippen LogP contribution is -2.21.